The zero-order valence-corrected chi connectivity index (χ0v) is 14.2. The first kappa shape index (κ1) is 15.3. The van der Waals surface area contributed by atoms with Crippen molar-refractivity contribution in [2.45, 2.75) is 51.2 Å². The number of ether oxygens (including phenoxy) is 1. The fraction of sp³-hybridized carbons (Fsp3) is 0.500. The van der Waals surface area contributed by atoms with Gasteiger partial charge in [0.15, 0.2) is 0 Å². The second kappa shape index (κ2) is 6.02. The van der Waals surface area contributed by atoms with E-state index in [1.165, 1.54) is 0 Å². The van der Waals surface area contributed by atoms with Gasteiger partial charge in [0, 0.05) is 31.7 Å². The Hall–Kier alpha value is -2.21. The third kappa shape index (κ3) is 3.19. The average Bonchev–Trinajstić information content (AvgIpc) is 3.18. The summed E-state index contributed by atoms with van der Waals surface area (Å²) in [5.74, 6) is 1.43. The lowest BCUT2D eigenvalue weighted by molar-refractivity contribution is -0.0597. The van der Waals surface area contributed by atoms with Crippen LogP contribution in [0.4, 0.5) is 0 Å². The van der Waals surface area contributed by atoms with Crippen LogP contribution < -0.4 is 0 Å². The van der Waals surface area contributed by atoms with Crippen molar-refractivity contribution >= 4 is 11.0 Å². The summed E-state index contributed by atoms with van der Waals surface area (Å²) in [7, 11) is 0. The minimum atomic E-state index is -0.0685. The number of nitrogens with zero attached hydrogens (tertiary/aromatic N) is 4. The molecule has 1 fully saturated rings. The molecule has 2 aromatic heterocycles. The van der Waals surface area contributed by atoms with E-state index in [9.17, 15) is 0 Å². The highest BCUT2D eigenvalue weighted by atomic mass is 16.5. The van der Waals surface area contributed by atoms with Crippen LogP contribution in [-0.4, -0.2) is 37.2 Å². The van der Waals surface area contributed by atoms with Crippen molar-refractivity contribution < 1.29 is 4.74 Å². The molecule has 126 valence electrons. The van der Waals surface area contributed by atoms with Crippen molar-refractivity contribution in [3.63, 3.8) is 0 Å². The van der Waals surface area contributed by atoms with Gasteiger partial charge in [-0.05, 0) is 38.8 Å². The smallest absolute Gasteiger partial charge is 0.109 e. The Morgan fingerprint density at radius 1 is 1.33 bits per heavy atom. The predicted molar refractivity (Wildman–Crippen MR) is 91.8 cm³/mol. The van der Waals surface area contributed by atoms with Crippen molar-refractivity contribution in [1.29, 1.82) is 0 Å². The van der Waals surface area contributed by atoms with Crippen molar-refractivity contribution in [1.82, 2.24) is 25.0 Å². The van der Waals surface area contributed by atoms with Crippen molar-refractivity contribution in [2.75, 3.05) is 6.61 Å². The van der Waals surface area contributed by atoms with Crippen LogP contribution in [0.25, 0.3) is 11.0 Å². The molecule has 1 atom stereocenters. The minimum Gasteiger partial charge on any atom is -0.376 e. The molecule has 3 heterocycles. The van der Waals surface area contributed by atoms with E-state index in [4.69, 9.17) is 4.74 Å². The normalized spacial score (nSPS) is 20.5. The summed E-state index contributed by atoms with van der Waals surface area (Å²) in [6.07, 6.45) is 4.91. The molecule has 6 nitrogen and oxygen atoms in total. The monoisotopic (exact) mass is 325 g/mol. The number of nitrogens with one attached hydrogen (secondary N) is 1. The number of aryl methyl sites for hydroxylation is 2. The van der Waals surface area contributed by atoms with E-state index in [0.29, 0.717) is 5.92 Å². The van der Waals surface area contributed by atoms with Crippen LogP contribution in [0, 0.1) is 0 Å². The molecule has 0 radical (unpaired) electrons. The zero-order valence-electron chi connectivity index (χ0n) is 14.2. The van der Waals surface area contributed by atoms with E-state index < -0.39 is 0 Å². The molecule has 0 unspecified atom stereocenters. The number of imidazole rings is 1. The van der Waals surface area contributed by atoms with Gasteiger partial charge in [-0.25, -0.2) is 4.98 Å². The lowest BCUT2D eigenvalue weighted by Gasteiger charge is -2.34. The van der Waals surface area contributed by atoms with Crippen molar-refractivity contribution in [3.8, 4) is 0 Å². The Labute approximate surface area is 141 Å². The number of hydrogen-bond donors (Lipinski definition) is 1. The Kier molecular flexibility index (Phi) is 3.84. The summed E-state index contributed by atoms with van der Waals surface area (Å²) in [5, 5.41) is 8.68. The topological polar surface area (TPSA) is 68.6 Å². The number of rotatable bonds is 4. The molecule has 0 saturated carbocycles. The standard InChI is InChI=1S/C18H23N5O/c1-18(2)11-13(8-10-24-18)16-12-23(22-21-16)9-7-17-19-14-5-3-4-6-15(14)20-17/h3-6,12-13H,7-11H2,1-2H3,(H,19,20)/t13-/m1/s1. The van der Waals surface area contributed by atoms with Gasteiger partial charge in [-0.2, -0.15) is 0 Å². The summed E-state index contributed by atoms with van der Waals surface area (Å²) in [5.41, 5.74) is 3.10. The predicted octanol–water partition coefficient (Wildman–Crippen LogP) is 3.07. The van der Waals surface area contributed by atoms with Crippen LogP contribution in [-0.2, 0) is 17.7 Å². The van der Waals surface area contributed by atoms with Gasteiger partial charge in [0.2, 0.25) is 0 Å². The molecule has 1 aliphatic heterocycles. The summed E-state index contributed by atoms with van der Waals surface area (Å²) in [6.45, 7) is 5.86. The van der Waals surface area contributed by atoms with Gasteiger partial charge in [0.1, 0.15) is 5.82 Å². The fourth-order valence-electron chi connectivity index (χ4n) is 3.44. The third-order valence-corrected chi connectivity index (χ3v) is 4.69. The Balaban J connectivity index is 1.41. The summed E-state index contributed by atoms with van der Waals surface area (Å²) in [6, 6.07) is 8.09. The molecule has 4 rings (SSSR count). The molecule has 1 aliphatic rings. The number of hydrogen-bond acceptors (Lipinski definition) is 4. The van der Waals surface area contributed by atoms with E-state index in [1.807, 2.05) is 28.9 Å². The zero-order chi connectivity index (χ0) is 16.6. The van der Waals surface area contributed by atoms with Gasteiger partial charge in [-0.1, -0.05) is 17.3 Å². The molecule has 6 heteroatoms. The van der Waals surface area contributed by atoms with Crippen LogP contribution >= 0.6 is 0 Å². The van der Waals surface area contributed by atoms with E-state index >= 15 is 0 Å². The van der Waals surface area contributed by atoms with Crippen LogP contribution in [0.2, 0.25) is 0 Å². The largest absolute Gasteiger partial charge is 0.376 e. The molecule has 0 aliphatic carbocycles. The van der Waals surface area contributed by atoms with Crippen LogP contribution in [0.1, 0.15) is 44.1 Å². The maximum absolute atomic E-state index is 5.79. The van der Waals surface area contributed by atoms with Gasteiger partial charge in [0.05, 0.1) is 22.3 Å². The SMILES string of the molecule is CC1(C)C[C@H](c2cn(CCc3nc4ccccc4[nH]3)nn2)CCO1. The Morgan fingerprint density at radius 2 is 2.21 bits per heavy atom. The second-order valence-electron chi connectivity index (χ2n) is 7.16. The van der Waals surface area contributed by atoms with Gasteiger partial charge in [-0.15, -0.1) is 5.10 Å². The summed E-state index contributed by atoms with van der Waals surface area (Å²) < 4.78 is 7.71. The lowest BCUT2D eigenvalue weighted by Crippen LogP contribution is -2.33. The summed E-state index contributed by atoms with van der Waals surface area (Å²) >= 11 is 0. The first-order chi connectivity index (χ1) is 11.6. The van der Waals surface area contributed by atoms with E-state index in [0.717, 1.165) is 55.0 Å². The van der Waals surface area contributed by atoms with Gasteiger partial charge in [0.25, 0.3) is 0 Å². The quantitative estimate of drug-likeness (QED) is 0.800. The first-order valence-electron chi connectivity index (χ1n) is 8.57. The molecule has 1 saturated heterocycles. The van der Waals surface area contributed by atoms with Crippen LogP contribution in [0.15, 0.2) is 30.5 Å². The number of H-pyrrole nitrogens is 1. The molecule has 3 aromatic rings. The van der Waals surface area contributed by atoms with Crippen LogP contribution in [0.3, 0.4) is 0 Å². The number of fused-ring (bicyclic) bond motifs is 1. The molecular weight excluding hydrogens is 302 g/mol. The van der Waals surface area contributed by atoms with E-state index in [1.54, 1.807) is 0 Å². The molecule has 0 spiro atoms. The highest BCUT2D eigenvalue weighted by molar-refractivity contribution is 5.74. The summed E-state index contributed by atoms with van der Waals surface area (Å²) in [4.78, 5) is 7.97. The van der Waals surface area contributed by atoms with Crippen molar-refractivity contribution in [2.24, 2.45) is 0 Å². The molecule has 24 heavy (non-hydrogen) atoms. The average molecular weight is 325 g/mol. The second-order valence-corrected chi connectivity index (χ2v) is 7.16. The molecule has 1 aromatic carbocycles. The number of para-hydroxylation sites is 2. The van der Waals surface area contributed by atoms with Crippen LogP contribution in [0.5, 0.6) is 0 Å². The fourth-order valence-corrected chi connectivity index (χ4v) is 3.44. The van der Waals surface area contributed by atoms with E-state index in [-0.39, 0.29) is 5.60 Å². The highest BCUT2D eigenvalue weighted by Gasteiger charge is 2.31. The highest BCUT2D eigenvalue weighted by Crippen LogP contribution is 2.34. The number of aromatic nitrogens is 5. The maximum Gasteiger partial charge on any atom is 0.109 e. The Morgan fingerprint density at radius 3 is 3.04 bits per heavy atom. The minimum absolute atomic E-state index is 0.0685. The van der Waals surface area contributed by atoms with Gasteiger partial charge < -0.3 is 9.72 Å². The maximum atomic E-state index is 5.79. The number of benzene rings is 1. The van der Waals surface area contributed by atoms with Gasteiger partial charge >= 0.3 is 0 Å². The molecule has 0 bridgehead atoms. The first-order valence-corrected chi connectivity index (χ1v) is 8.57. The molecular formula is C18H23N5O. The van der Waals surface area contributed by atoms with E-state index in [2.05, 4.69) is 40.3 Å². The van der Waals surface area contributed by atoms with Gasteiger partial charge in [-0.3, -0.25) is 4.68 Å². The Bertz CT molecular complexity index is 802. The van der Waals surface area contributed by atoms with Crippen molar-refractivity contribution in [3.05, 3.63) is 42.0 Å². The number of aromatic amines is 1. The molecule has 0 amide bonds. The third-order valence-electron chi connectivity index (χ3n) is 4.69. The lowest BCUT2D eigenvalue weighted by atomic mass is 9.86. The molecule has 1 N–H and O–H groups in total.